The van der Waals surface area contributed by atoms with Crippen LogP contribution in [-0.4, -0.2) is 44.7 Å². The van der Waals surface area contributed by atoms with Gasteiger partial charge in [-0.15, -0.1) is 0 Å². The second-order valence-corrected chi connectivity index (χ2v) is 11.7. The van der Waals surface area contributed by atoms with Crippen molar-refractivity contribution in [3.8, 4) is 11.3 Å². The Labute approximate surface area is 174 Å². The monoisotopic (exact) mass is 471 g/mol. The molecule has 2 aromatic rings. The van der Waals surface area contributed by atoms with Gasteiger partial charge >= 0.3 is 6.09 Å². The maximum Gasteiger partial charge on any atom is 0.411 e. The SMILES string of the molecule is C[C@H]1C(N(Cc2nc(-c3ccc(Br)cc3)c(Cl)[nH]2)C(=O)OC(C)(C)C)P1C. The minimum absolute atomic E-state index is 0.208. The number of benzene rings is 1. The number of imidazole rings is 1. The van der Waals surface area contributed by atoms with Crippen LogP contribution >= 0.6 is 35.5 Å². The van der Waals surface area contributed by atoms with E-state index in [1.54, 1.807) is 4.90 Å². The van der Waals surface area contributed by atoms with Gasteiger partial charge in [0.2, 0.25) is 0 Å². The third-order valence-electron chi connectivity index (χ3n) is 4.50. The molecule has 146 valence electrons. The van der Waals surface area contributed by atoms with Crippen LogP contribution < -0.4 is 0 Å². The summed E-state index contributed by atoms with van der Waals surface area (Å²) >= 11 is 9.81. The van der Waals surface area contributed by atoms with Crippen molar-refractivity contribution in [1.29, 1.82) is 0 Å². The fourth-order valence-electron chi connectivity index (χ4n) is 2.97. The molecule has 5 nitrogen and oxygen atoms in total. The van der Waals surface area contributed by atoms with E-state index in [0.717, 1.165) is 10.0 Å². The molecule has 1 saturated heterocycles. The predicted molar refractivity (Wildman–Crippen MR) is 115 cm³/mol. The summed E-state index contributed by atoms with van der Waals surface area (Å²) in [6.45, 7) is 10.4. The molecule has 3 atom stereocenters. The van der Waals surface area contributed by atoms with Crippen LogP contribution in [0.15, 0.2) is 28.7 Å². The Bertz CT molecular complexity index is 826. The van der Waals surface area contributed by atoms with Crippen molar-refractivity contribution in [3.05, 3.63) is 39.7 Å². The van der Waals surface area contributed by atoms with Gasteiger partial charge in [0.05, 0.1) is 12.3 Å². The Morgan fingerprint density at radius 2 is 1.96 bits per heavy atom. The first kappa shape index (κ1) is 20.6. The molecule has 1 fully saturated rings. The highest BCUT2D eigenvalue weighted by molar-refractivity contribution is 9.10. The summed E-state index contributed by atoms with van der Waals surface area (Å²) in [6.07, 6.45) is -0.302. The number of nitrogens with one attached hydrogen (secondary N) is 1. The van der Waals surface area contributed by atoms with Crippen LogP contribution in [0.3, 0.4) is 0 Å². The molecule has 1 aliphatic heterocycles. The predicted octanol–water partition coefficient (Wildman–Crippen LogP) is 6.07. The number of nitrogens with zero attached hydrogens (tertiary/aromatic N) is 2. The molecule has 0 bridgehead atoms. The summed E-state index contributed by atoms with van der Waals surface area (Å²) in [5, 5.41) is 0.471. The molecule has 27 heavy (non-hydrogen) atoms. The zero-order chi connectivity index (χ0) is 19.9. The second-order valence-electron chi connectivity index (χ2n) is 7.78. The van der Waals surface area contributed by atoms with Crippen molar-refractivity contribution in [1.82, 2.24) is 14.9 Å². The van der Waals surface area contributed by atoms with Gasteiger partial charge in [0.1, 0.15) is 22.3 Å². The van der Waals surface area contributed by atoms with Crippen molar-refractivity contribution < 1.29 is 9.53 Å². The fourth-order valence-corrected chi connectivity index (χ4v) is 5.62. The van der Waals surface area contributed by atoms with E-state index in [-0.39, 0.29) is 19.8 Å². The molecule has 1 aliphatic rings. The number of carbonyl (C=O) groups is 1. The van der Waals surface area contributed by atoms with E-state index in [1.807, 2.05) is 45.0 Å². The summed E-state index contributed by atoms with van der Waals surface area (Å²) in [4.78, 5) is 22.3. The lowest BCUT2D eigenvalue weighted by Crippen LogP contribution is -2.38. The van der Waals surface area contributed by atoms with Gasteiger partial charge in [0, 0.05) is 15.7 Å². The molecule has 1 N–H and O–H groups in total. The number of ether oxygens (including phenoxy) is 1. The Balaban J connectivity index is 1.83. The smallest absolute Gasteiger partial charge is 0.411 e. The van der Waals surface area contributed by atoms with Crippen LogP contribution in [0.25, 0.3) is 11.3 Å². The summed E-state index contributed by atoms with van der Waals surface area (Å²) < 4.78 is 6.62. The van der Waals surface area contributed by atoms with Crippen molar-refractivity contribution in [2.45, 2.75) is 51.3 Å². The molecule has 0 spiro atoms. The molecular formula is C19H24BrClN3O2P. The van der Waals surface area contributed by atoms with Gasteiger partial charge in [-0.3, -0.25) is 4.90 Å². The second kappa shape index (κ2) is 7.73. The summed E-state index contributed by atoms with van der Waals surface area (Å²) in [6, 6.07) is 7.80. The van der Waals surface area contributed by atoms with Crippen molar-refractivity contribution >= 4 is 41.5 Å². The Morgan fingerprint density at radius 3 is 2.48 bits per heavy atom. The number of aromatic nitrogens is 2. The average Bonchev–Trinajstić information content (AvgIpc) is 2.97. The number of rotatable bonds is 4. The van der Waals surface area contributed by atoms with Crippen LogP contribution in [0.4, 0.5) is 4.79 Å². The van der Waals surface area contributed by atoms with Gasteiger partial charge in [0.15, 0.2) is 0 Å². The first-order valence-corrected chi connectivity index (χ1v) is 11.9. The lowest BCUT2D eigenvalue weighted by molar-refractivity contribution is 0.0225. The molecule has 0 radical (unpaired) electrons. The number of halogens is 2. The highest BCUT2D eigenvalue weighted by Crippen LogP contribution is 2.64. The fraction of sp³-hybridized carbons (Fsp3) is 0.474. The maximum absolute atomic E-state index is 12.8. The van der Waals surface area contributed by atoms with Gasteiger partial charge < -0.3 is 9.72 Å². The Kier molecular flexibility index (Phi) is 5.90. The third kappa shape index (κ3) is 4.85. The van der Waals surface area contributed by atoms with E-state index in [0.29, 0.717) is 28.9 Å². The van der Waals surface area contributed by atoms with E-state index in [9.17, 15) is 4.79 Å². The molecule has 2 heterocycles. The molecule has 1 aromatic heterocycles. The van der Waals surface area contributed by atoms with Gasteiger partial charge in [-0.05, 0) is 39.6 Å². The van der Waals surface area contributed by atoms with E-state index in [1.165, 1.54) is 0 Å². The lowest BCUT2D eigenvalue weighted by Gasteiger charge is -2.27. The number of hydrogen-bond donors (Lipinski definition) is 1. The van der Waals surface area contributed by atoms with E-state index in [4.69, 9.17) is 16.3 Å². The first-order chi connectivity index (χ1) is 12.6. The van der Waals surface area contributed by atoms with E-state index in [2.05, 4.69) is 39.5 Å². The highest BCUT2D eigenvalue weighted by Gasteiger charge is 2.49. The molecule has 2 unspecified atom stereocenters. The van der Waals surface area contributed by atoms with Gasteiger partial charge in [-0.25, -0.2) is 9.78 Å². The number of hydrogen-bond acceptors (Lipinski definition) is 3. The standard InChI is InChI=1S/C19H24BrClN3O2P/c1-11-17(27(11)5)24(18(25)26-19(2,3)4)10-14-22-15(16(21)23-14)12-6-8-13(20)9-7-12/h6-9,11,17H,10H2,1-5H3,(H,22,23)/t11-,17?,27?/m0/s1. The van der Waals surface area contributed by atoms with Gasteiger partial charge in [-0.2, -0.15) is 0 Å². The molecule has 0 aliphatic carbocycles. The zero-order valence-electron chi connectivity index (χ0n) is 16.1. The highest BCUT2D eigenvalue weighted by atomic mass is 79.9. The third-order valence-corrected chi connectivity index (χ3v) is 8.08. The Hall–Kier alpha value is -1.10. The molecule has 1 amide bonds. The van der Waals surface area contributed by atoms with Crippen LogP contribution in [-0.2, 0) is 11.3 Å². The zero-order valence-corrected chi connectivity index (χ0v) is 19.3. The number of carbonyl (C=O) groups excluding carboxylic acids is 1. The van der Waals surface area contributed by atoms with E-state index >= 15 is 0 Å². The molecular weight excluding hydrogens is 449 g/mol. The molecule has 1 aromatic carbocycles. The normalized spacial score (nSPS) is 21.8. The minimum atomic E-state index is -0.534. The Morgan fingerprint density at radius 1 is 1.37 bits per heavy atom. The van der Waals surface area contributed by atoms with Crippen molar-refractivity contribution in [3.63, 3.8) is 0 Å². The molecule has 3 rings (SSSR count). The van der Waals surface area contributed by atoms with Crippen molar-refractivity contribution in [2.75, 3.05) is 6.66 Å². The summed E-state index contributed by atoms with van der Waals surface area (Å²) in [5.74, 6) is 0.876. The maximum atomic E-state index is 12.8. The largest absolute Gasteiger partial charge is 0.444 e. The average molecular weight is 473 g/mol. The van der Waals surface area contributed by atoms with Crippen LogP contribution in [0, 0.1) is 0 Å². The van der Waals surface area contributed by atoms with Gasteiger partial charge in [-0.1, -0.05) is 54.5 Å². The number of amides is 1. The first-order valence-electron chi connectivity index (χ1n) is 8.78. The number of H-pyrrole nitrogens is 1. The van der Waals surface area contributed by atoms with E-state index < -0.39 is 5.60 Å². The van der Waals surface area contributed by atoms with Crippen LogP contribution in [0.5, 0.6) is 0 Å². The molecule has 8 heteroatoms. The van der Waals surface area contributed by atoms with Crippen LogP contribution in [0.1, 0.15) is 33.5 Å². The quantitative estimate of drug-likeness (QED) is 0.550. The summed E-state index contributed by atoms with van der Waals surface area (Å²) in [5.41, 5.74) is 1.58. The van der Waals surface area contributed by atoms with Crippen LogP contribution in [0.2, 0.25) is 5.15 Å². The topological polar surface area (TPSA) is 58.2 Å². The van der Waals surface area contributed by atoms with Crippen molar-refractivity contribution in [2.24, 2.45) is 0 Å². The minimum Gasteiger partial charge on any atom is -0.444 e. The summed E-state index contributed by atoms with van der Waals surface area (Å²) in [7, 11) is -0.208. The molecule has 0 saturated carbocycles. The number of aromatic amines is 1. The van der Waals surface area contributed by atoms with Gasteiger partial charge in [0.25, 0.3) is 0 Å². The lowest BCUT2D eigenvalue weighted by atomic mass is 10.2.